The van der Waals surface area contributed by atoms with Gasteiger partial charge in [-0.1, -0.05) is 12.1 Å². The molecule has 0 saturated carbocycles. The molecule has 0 aliphatic carbocycles. The number of piperidine rings is 1. The van der Waals surface area contributed by atoms with Gasteiger partial charge in [0, 0.05) is 25.1 Å². The van der Waals surface area contributed by atoms with Crippen LogP contribution >= 0.6 is 0 Å². The number of carbonyl (C=O) groups excluding carboxylic acids is 1. The Morgan fingerprint density at radius 3 is 2.70 bits per heavy atom. The van der Waals surface area contributed by atoms with E-state index in [-0.39, 0.29) is 23.9 Å². The summed E-state index contributed by atoms with van der Waals surface area (Å²) in [7, 11) is -3.95. The molecule has 1 unspecified atom stereocenters. The average molecular weight is 298 g/mol. The van der Waals surface area contributed by atoms with E-state index >= 15 is 0 Å². The molecule has 0 bridgehead atoms. The van der Waals surface area contributed by atoms with Crippen LogP contribution in [0.3, 0.4) is 0 Å². The van der Waals surface area contributed by atoms with E-state index in [1.807, 2.05) is 0 Å². The number of nitro groups is 1. The van der Waals surface area contributed by atoms with E-state index in [4.69, 9.17) is 0 Å². The van der Waals surface area contributed by atoms with Crippen LogP contribution in [0.25, 0.3) is 0 Å². The molecule has 20 heavy (non-hydrogen) atoms. The first-order valence-corrected chi connectivity index (χ1v) is 7.59. The van der Waals surface area contributed by atoms with Gasteiger partial charge in [-0.3, -0.25) is 10.1 Å². The van der Waals surface area contributed by atoms with E-state index in [1.54, 1.807) is 0 Å². The number of rotatable bonds is 4. The molecule has 1 aromatic carbocycles. The van der Waals surface area contributed by atoms with Gasteiger partial charge in [0.2, 0.25) is 10.0 Å². The maximum Gasteiger partial charge on any atom is 0.289 e. The van der Waals surface area contributed by atoms with E-state index in [0.717, 1.165) is 16.7 Å². The van der Waals surface area contributed by atoms with Crippen LogP contribution in [-0.2, 0) is 14.8 Å². The first kappa shape index (κ1) is 14.6. The average Bonchev–Trinajstić information content (AvgIpc) is 2.47. The molecule has 8 heteroatoms. The second kappa shape index (κ2) is 5.68. The third-order valence-corrected chi connectivity index (χ3v) is 5.21. The SMILES string of the molecule is O=CC1CCCN(S(=O)(=O)c2ccccc2[N+](=O)[O-])C1. The Kier molecular flexibility index (Phi) is 4.15. The van der Waals surface area contributed by atoms with Crippen LogP contribution in [0.4, 0.5) is 5.69 Å². The molecule has 1 fully saturated rings. The lowest BCUT2D eigenvalue weighted by Crippen LogP contribution is -2.40. The van der Waals surface area contributed by atoms with Crippen molar-refractivity contribution < 1.29 is 18.1 Å². The molecule has 1 saturated heterocycles. The maximum absolute atomic E-state index is 12.5. The van der Waals surface area contributed by atoms with Crippen LogP contribution in [0.15, 0.2) is 29.2 Å². The third-order valence-electron chi connectivity index (χ3n) is 3.29. The van der Waals surface area contributed by atoms with Crippen molar-refractivity contribution >= 4 is 22.0 Å². The first-order valence-electron chi connectivity index (χ1n) is 6.15. The Labute approximate surface area is 116 Å². The lowest BCUT2D eigenvalue weighted by atomic mass is 10.0. The van der Waals surface area contributed by atoms with Crippen molar-refractivity contribution in [3.63, 3.8) is 0 Å². The highest BCUT2D eigenvalue weighted by Gasteiger charge is 2.34. The Bertz CT molecular complexity index is 628. The summed E-state index contributed by atoms with van der Waals surface area (Å²) in [6.07, 6.45) is 1.96. The number of sulfonamides is 1. The quantitative estimate of drug-likeness (QED) is 0.472. The van der Waals surface area contributed by atoms with Crippen LogP contribution in [0, 0.1) is 16.0 Å². The third kappa shape index (κ3) is 2.70. The Morgan fingerprint density at radius 1 is 1.35 bits per heavy atom. The molecule has 1 atom stereocenters. The van der Waals surface area contributed by atoms with Crippen molar-refractivity contribution in [2.75, 3.05) is 13.1 Å². The Balaban J connectivity index is 2.40. The van der Waals surface area contributed by atoms with E-state index in [1.165, 1.54) is 18.2 Å². The standard InChI is InChI=1S/C12H14N2O5S/c15-9-10-4-3-7-13(8-10)20(18,19)12-6-2-1-5-11(12)14(16)17/h1-2,5-6,9-10H,3-4,7-8H2. The van der Waals surface area contributed by atoms with Crippen molar-refractivity contribution in [3.05, 3.63) is 34.4 Å². The van der Waals surface area contributed by atoms with Crippen LogP contribution in [0.1, 0.15) is 12.8 Å². The summed E-state index contributed by atoms with van der Waals surface area (Å²) in [6, 6.07) is 5.24. The monoisotopic (exact) mass is 298 g/mol. The van der Waals surface area contributed by atoms with Gasteiger partial charge in [0.1, 0.15) is 6.29 Å². The van der Waals surface area contributed by atoms with Gasteiger partial charge in [-0.2, -0.15) is 4.31 Å². The van der Waals surface area contributed by atoms with E-state index < -0.39 is 20.6 Å². The molecule has 0 radical (unpaired) electrons. The van der Waals surface area contributed by atoms with Gasteiger partial charge in [-0.05, 0) is 18.9 Å². The van der Waals surface area contributed by atoms with Crippen molar-refractivity contribution in [1.82, 2.24) is 4.31 Å². The molecule has 108 valence electrons. The fourth-order valence-electron chi connectivity index (χ4n) is 2.27. The minimum atomic E-state index is -3.95. The second-order valence-electron chi connectivity index (χ2n) is 4.63. The summed E-state index contributed by atoms with van der Waals surface area (Å²) in [4.78, 5) is 20.7. The molecular formula is C12H14N2O5S. The molecule has 0 spiro atoms. The summed E-state index contributed by atoms with van der Waals surface area (Å²) < 4.78 is 26.1. The fraction of sp³-hybridized carbons (Fsp3) is 0.417. The summed E-state index contributed by atoms with van der Waals surface area (Å²) in [5.41, 5.74) is -0.444. The Morgan fingerprint density at radius 2 is 2.05 bits per heavy atom. The predicted molar refractivity (Wildman–Crippen MR) is 70.6 cm³/mol. The summed E-state index contributed by atoms with van der Waals surface area (Å²) in [5, 5.41) is 10.9. The minimum Gasteiger partial charge on any atom is -0.303 e. The highest BCUT2D eigenvalue weighted by molar-refractivity contribution is 7.89. The van der Waals surface area contributed by atoms with Crippen LogP contribution in [-0.4, -0.2) is 37.0 Å². The maximum atomic E-state index is 12.5. The highest BCUT2D eigenvalue weighted by atomic mass is 32.2. The van der Waals surface area contributed by atoms with Gasteiger partial charge < -0.3 is 4.79 Å². The topological polar surface area (TPSA) is 97.6 Å². The Hall–Kier alpha value is -1.80. The smallest absolute Gasteiger partial charge is 0.289 e. The lowest BCUT2D eigenvalue weighted by molar-refractivity contribution is -0.387. The van der Waals surface area contributed by atoms with Crippen LogP contribution in [0.5, 0.6) is 0 Å². The summed E-state index contributed by atoms with van der Waals surface area (Å²) in [6.45, 7) is 0.358. The van der Waals surface area contributed by atoms with Gasteiger partial charge in [0.25, 0.3) is 5.69 Å². The number of para-hydroxylation sites is 1. The zero-order valence-corrected chi connectivity index (χ0v) is 11.5. The number of hydrogen-bond donors (Lipinski definition) is 0. The van der Waals surface area contributed by atoms with Crippen LogP contribution < -0.4 is 0 Å². The van der Waals surface area contributed by atoms with E-state index in [9.17, 15) is 23.3 Å². The van der Waals surface area contributed by atoms with Gasteiger partial charge in [-0.15, -0.1) is 0 Å². The van der Waals surface area contributed by atoms with E-state index in [2.05, 4.69) is 0 Å². The molecule has 2 rings (SSSR count). The van der Waals surface area contributed by atoms with Crippen molar-refractivity contribution in [3.8, 4) is 0 Å². The van der Waals surface area contributed by atoms with Crippen molar-refractivity contribution in [2.24, 2.45) is 5.92 Å². The minimum absolute atomic E-state index is 0.0812. The van der Waals surface area contributed by atoms with Gasteiger partial charge in [0.05, 0.1) is 4.92 Å². The van der Waals surface area contributed by atoms with Crippen molar-refractivity contribution in [1.29, 1.82) is 0 Å². The lowest BCUT2D eigenvalue weighted by Gasteiger charge is -2.29. The second-order valence-corrected chi connectivity index (χ2v) is 6.53. The molecule has 0 aromatic heterocycles. The highest BCUT2D eigenvalue weighted by Crippen LogP contribution is 2.28. The zero-order valence-electron chi connectivity index (χ0n) is 10.6. The van der Waals surface area contributed by atoms with Gasteiger partial charge in [-0.25, -0.2) is 8.42 Å². The number of benzene rings is 1. The largest absolute Gasteiger partial charge is 0.303 e. The number of aldehydes is 1. The molecule has 1 aliphatic heterocycles. The first-order chi connectivity index (χ1) is 9.46. The number of hydrogen-bond acceptors (Lipinski definition) is 5. The summed E-state index contributed by atoms with van der Waals surface area (Å²) in [5.74, 6) is -0.346. The van der Waals surface area contributed by atoms with Gasteiger partial charge >= 0.3 is 0 Å². The zero-order chi connectivity index (χ0) is 14.8. The number of nitro benzene ring substituents is 1. The molecule has 0 N–H and O–H groups in total. The predicted octanol–water partition coefficient (Wildman–Crippen LogP) is 1.19. The number of carbonyl (C=O) groups is 1. The van der Waals surface area contributed by atoms with Gasteiger partial charge in [0.15, 0.2) is 4.90 Å². The summed E-state index contributed by atoms with van der Waals surface area (Å²) >= 11 is 0. The molecule has 1 aliphatic rings. The molecule has 1 aromatic rings. The van der Waals surface area contributed by atoms with E-state index in [0.29, 0.717) is 12.8 Å². The van der Waals surface area contributed by atoms with Crippen molar-refractivity contribution in [2.45, 2.75) is 17.7 Å². The molecule has 7 nitrogen and oxygen atoms in total. The normalized spacial score (nSPS) is 20.5. The molecule has 1 heterocycles. The van der Waals surface area contributed by atoms with Crippen LogP contribution in [0.2, 0.25) is 0 Å². The number of nitrogens with zero attached hydrogens (tertiary/aromatic N) is 2. The molecule has 0 amide bonds. The fourth-order valence-corrected chi connectivity index (χ4v) is 3.96. The molecular weight excluding hydrogens is 284 g/mol.